The van der Waals surface area contributed by atoms with Crippen molar-refractivity contribution in [3.63, 3.8) is 0 Å². The van der Waals surface area contributed by atoms with E-state index in [0.717, 1.165) is 5.56 Å². The number of carboxylic acids is 1. The number of aromatic carboxylic acids is 1. The molecule has 0 bridgehead atoms. The number of hydrogen-bond acceptors (Lipinski definition) is 7. The van der Waals surface area contributed by atoms with Crippen molar-refractivity contribution in [2.45, 2.75) is 39.7 Å². The molecule has 178 valence electrons. The Labute approximate surface area is 202 Å². The predicted molar refractivity (Wildman–Crippen MR) is 132 cm³/mol. The highest BCUT2D eigenvalue weighted by Gasteiger charge is 2.32. The minimum absolute atomic E-state index is 0.0311. The molecule has 0 amide bonds. The highest BCUT2D eigenvalue weighted by molar-refractivity contribution is 5.94. The van der Waals surface area contributed by atoms with Crippen LogP contribution in [0.3, 0.4) is 0 Å². The normalized spacial score (nSPS) is 15.7. The number of carboxylic acid groups (broad SMARTS) is 1. The molecule has 1 atom stereocenters. The van der Waals surface area contributed by atoms with E-state index in [4.69, 9.17) is 4.98 Å². The maximum Gasteiger partial charge on any atom is 0.337 e. The maximum atomic E-state index is 13.4. The Bertz CT molecular complexity index is 1450. The number of anilines is 2. The number of hydrogen-bond donors (Lipinski definition) is 2. The van der Waals surface area contributed by atoms with Crippen molar-refractivity contribution in [3.8, 4) is 12.1 Å². The summed E-state index contributed by atoms with van der Waals surface area (Å²) >= 11 is 0. The monoisotopic (exact) mass is 470 g/mol. The molecular formula is C26H26N6O3. The lowest BCUT2D eigenvalue weighted by molar-refractivity contribution is 0.0698. The summed E-state index contributed by atoms with van der Waals surface area (Å²) in [4.78, 5) is 31.7. The van der Waals surface area contributed by atoms with Gasteiger partial charge in [0.1, 0.15) is 11.7 Å². The van der Waals surface area contributed by atoms with Crippen LogP contribution in [0.2, 0.25) is 0 Å². The summed E-state index contributed by atoms with van der Waals surface area (Å²) < 4.78 is 1.39. The van der Waals surface area contributed by atoms with E-state index >= 15 is 0 Å². The zero-order valence-corrected chi connectivity index (χ0v) is 19.9. The number of nitrogens with zero attached hydrogens (tertiary/aromatic N) is 5. The van der Waals surface area contributed by atoms with E-state index in [2.05, 4.69) is 11.4 Å². The van der Waals surface area contributed by atoms with Gasteiger partial charge in [-0.15, -0.1) is 0 Å². The van der Waals surface area contributed by atoms with Crippen LogP contribution >= 0.6 is 0 Å². The molecule has 0 aliphatic carbocycles. The summed E-state index contributed by atoms with van der Waals surface area (Å²) in [6.07, 6.45) is 2.87. The van der Waals surface area contributed by atoms with Gasteiger partial charge < -0.3 is 15.3 Å². The minimum Gasteiger partial charge on any atom is -0.478 e. The molecule has 1 aromatic carbocycles. The molecule has 0 spiro atoms. The Hall–Kier alpha value is -4.37. The van der Waals surface area contributed by atoms with Crippen molar-refractivity contribution < 1.29 is 9.90 Å². The molecule has 3 heterocycles. The van der Waals surface area contributed by atoms with Gasteiger partial charge in [0.2, 0.25) is 0 Å². The van der Waals surface area contributed by atoms with Crippen LogP contribution in [-0.4, -0.2) is 33.6 Å². The quantitative estimate of drug-likeness (QED) is 0.574. The largest absolute Gasteiger partial charge is 0.478 e. The highest BCUT2D eigenvalue weighted by Crippen LogP contribution is 2.33. The number of nitriles is 2. The molecule has 1 aliphatic heterocycles. The van der Waals surface area contributed by atoms with Crippen LogP contribution in [-0.2, 0) is 0 Å². The van der Waals surface area contributed by atoms with Crippen molar-refractivity contribution in [1.82, 2.24) is 9.38 Å². The number of aryl methyl sites for hydroxylation is 1. The van der Waals surface area contributed by atoms with Crippen LogP contribution in [0, 0.1) is 35.0 Å². The summed E-state index contributed by atoms with van der Waals surface area (Å²) in [5.74, 6) is -0.722. The molecule has 35 heavy (non-hydrogen) atoms. The summed E-state index contributed by atoms with van der Waals surface area (Å²) in [7, 11) is 0. The Morgan fingerprint density at radius 2 is 1.94 bits per heavy atom. The molecule has 9 nitrogen and oxygen atoms in total. The predicted octanol–water partition coefficient (Wildman–Crippen LogP) is 3.88. The zero-order chi connectivity index (χ0) is 25.3. The minimum atomic E-state index is -1.04. The topological polar surface area (TPSA) is 135 Å². The van der Waals surface area contributed by atoms with Gasteiger partial charge in [0.25, 0.3) is 5.56 Å². The van der Waals surface area contributed by atoms with Gasteiger partial charge in [0, 0.05) is 30.5 Å². The average molecular weight is 471 g/mol. The van der Waals surface area contributed by atoms with Gasteiger partial charge in [-0.2, -0.15) is 10.5 Å². The number of aromatic nitrogens is 2. The Kier molecular flexibility index (Phi) is 6.19. The molecular weight excluding hydrogens is 444 g/mol. The first-order chi connectivity index (χ1) is 16.7. The number of pyridine rings is 1. The second-order valence-corrected chi connectivity index (χ2v) is 9.27. The number of rotatable bonds is 5. The van der Waals surface area contributed by atoms with Crippen LogP contribution in [0.25, 0.3) is 5.65 Å². The van der Waals surface area contributed by atoms with E-state index in [-0.39, 0.29) is 17.2 Å². The summed E-state index contributed by atoms with van der Waals surface area (Å²) in [5.41, 5.74) is 1.57. The molecule has 1 saturated heterocycles. The summed E-state index contributed by atoms with van der Waals surface area (Å²) in [6, 6.07) is 12.5. The molecule has 3 aromatic rings. The molecule has 9 heteroatoms. The van der Waals surface area contributed by atoms with Gasteiger partial charge in [-0.25, -0.2) is 9.78 Å². The fraction of sp³-hybridized carbons (Fsp3) is 0.346. The fourth-order valence-electron chi connectivity index (χ4n) is 4.47. The number of piperidine rings is 1. The van der Waals surface area contributed by atoms with Crippen LogP contribution in [0.4, 0.5) is 11.5 Å². The number of nitrogens with one attached hydrogen (secondary N) is 1. The van der Waals surface area contributed by atoms with E-state index in [1.807, 2.05) is 37.8 Å². The molecule has 2 N–H and O–H groups in total. The standard InChI is InChI=1S/C26H26N6O3/c1-16-12-19(17(2)29-21-7-5-4-6-18(21)25(34)35)23-30-22(20(13-27)24(33)32(23)14-16)31-10-8-26(3,15-28)9-11-31/h4-7,12,14,17,29H,8-11H2,1-3H3,(H,34,35)/t17-/m1/s1. The van der Waals surface area contributed by atoms with E-state index in [0.29, 0.717) is 48.6 Å². The van der Waals surface area contributed by atoms with Gasteiger partial charge in [-0.3, -0.25) is 9.20 Å². The van der Waals surface area contributed by atoms with Crippen LogP contribution in [0.15, 0.2) is 41.3 Å². The summed E-state index contributed by atoms with van der Waals surface area (Å²) in [5, 5.41) is 32.1. The zero-order valence-electron chi connectivity index (χ0n) is 19.9. The second kappa shape index (κ2) is 9.11. The Morgan fingerprint density at radius 3 is 2.57 bits per heavy atom. The number of para-hydroxylation sites is 1. The van der Waals surface area contributed by atoms with Crippen molar-refractivity contribution in [2.24, 2.45) is 5.41 Å². The van der Waals surface area contributed by atoms with Gasteiger partial charge in [0.15, 0.2) is 11.4 Å². The summed E-state index contributed by atoms with van der Waals surface area (Å²) in [6.45, 7) is 6.67. The van der Waals surface area contributed by atoms with E-state index in [9.17, 15) is 25.2 Å². The van der Waals surface area contributed by atoms with Crippen molar-refractivity contribution in [2.75, 3.05) is 23.3 Å². The second-order valence-electron chi connectivity index (χ2n) is 9.27. The van der Waals surface area contributed by atoms with Crippen molar-refractivity contribution in [1.29, 1.82) is 10.5 Å². The number of benzene rings is 1. The van der Waals surface area contributed by atoms with E-state index < -0.39 is 16.9 Å². The maximum absolute atomic E-state index is 13.4. The number of carbonyl (C=O) groups is 1. The van der Waals surface area contributed by atoms with E-state index in [1.165, 1.54) is 10.5 Å². The third-order valence-corrected chi connectivity index (χ3v) is 6.61. The first kappa shape index (κ1) is 23.8. The lowest BCUT2D eigenvalue weighted by Crippen LogP contribution is -2.40. The third-order valence-electron chi connectivity index (χ3n) is 6.61. The van der Waals surface area contributed by atoms with Gasteiger partial charge >= 0.3 is 5.97 Å². The first-order valence-electron chi connectivity index (χ1n) is 11.4. The molecule has 0 unspecified atom stereocenters. The highest BCUT2D eigenvalue weighted by atomic mass is 16.4. The van der Waals surface area contributed by atoms with Gasteiger partial charge in [0.05, 0.1) is 23.1 Å². The smallest absolute Gasteiger partial charge is 0.337 e. The molecule has 1 fully saturated rings. The van der Waals surface area contributed by atoms with Gasteiger partial charge in [-0.1, -0.05) is 12.1 Å². The Morgan fingerprint density at radius 1 is 1.26 bits per heavy atom. The lowest BCUT2D eigenvalue weighted by Gasteiger charge is -2.36. The first-order valence-corrected chi connectivity index (χ1v) is 11.4. The number of fused-ring (bicyclic) bond motifs is 1. The fourth-order valence-corrected chi connectivity index (χ4v) is 4.47. The molecule has 0 saturated carbocycles. The lowest BCUT2D eigenvalue weighted by atomic mass is 9.82. The SMILES string of the molecule is Cc1cc([C@@H](C)Nc2ccccc2C(=O)O)c2nc(N3CCC(C)(C#N)CC3)c(C#N)c(=O)n2c1. The van der Waals surface area contributed by atoms with Crippen molar-refractivity contribution >= 4 is 23.1 Å². The molecule has 1 aliphatic rings. The van der Waals surface area contributed by atoms with Crippen molar-refractivity contribution in [3.05, 3.63) is 69.1 Å². The van der Waals surface area contributed by atoms with Crippen LogP contribution in [0.1, 0.15) is 59.8 Å². The average Bonchev–Trinajstić information content (AvgIpc) is 2.84. The molecule has 4 rings (SSSR count). The van der Waals surface area contributed by atoms with Crippen LogP contribution in [0.5, 0.6) is 0 Å². The van der Waals surface area contributed by atoms with E-state index in [1.54, 1.807) is 24.4 Å². The Balaban J connectivity index is 1.82. The molecule has 0 radical (unpaired) electrons. The third kappa shape index (κ3) is 4.41. The van der Waals surface area contributed by atoms with Crippen LogP contribution < -0.4 is 15.8 Å². The van der Waals surface area contributed by atoms with Gasteiger partial charge in [-0.05, 0) is 57.4 Å². The molecule has 2 aromatic heterocycles.